The molecule has 0 radical (unpaired) electrons. The highest BCUT2D eigenvalue weighted by Gasteiger charge is 2.41. The Labute approximate surface area is 117 Å². The molecule has 2 saturated carbocycles. The van der Waals surface area contributed by atoms with Crippen LogP contribution in [0.2, 0.25) is 0 Å². The predicted molar refractivity (Wildman–Crippen MR) is 78.1 cm³/mol. The zero-order valence-electron chi connectivity index (χ0n) is 12.4. The highest BCUT2D eigenvalue weighted by atomic mass is 16.5. The first kappa shape index (κ1) is 13.8. The number of hydrogen-bond donors (Lipinski definition) is 1. The topological polar surface area (TPSA) is 38.5 Å². The van der Waals surface area contributed by atoms with Crippen LogP contribution in [0.15, 0.2) is 0 Å². The lowest BCUT2D eigenvalue weighted by Crippen LogP contribution is -2.43. The van der Waals surface area contributed by atoms with Crippen LogP contribution in [0.5, 0.6) is 0 Å². The summed E-state index contributed by atoms with van der Waals surface area (Å²) >= 11 is 0. The third kappa shape index (κ3) is 3.32. The number of rotatable bonds is 4. The van der Waals surface area contributed by atoms with Gasteiger partial charge in [0, 0.05) is 19.1 Å². The van der Waals surface area contributed by atoms with Crippen molar-refractivity contribution in [3.8, 4) is 0 Å². The number of nitrogens with two attached hydrogens (primary N) is 1. The molecule has 19 heavy (non-hydrogen) atoms. The molecule has 1 aliphatic heterocycles. The molecule has 0 aromatic rings. The van der Waals surface area contributed by atoms with Crippen LogP contribution in [-0.4, -0.2) is 42.8 Å². The normalized spacial score (nSPS) is 37.7. The van der Waals surface area contributed by atoms with Gasteiger partial charge in [-0.3, -0.25) is 0 Å². The van der Waals surface area contributed by atoms with Crippen molar-refractivity contribution in [3.63, 3.8) is 0 Å². The maximum absolute atomic E-state index is 6.45. The fraction of sp³-hybridized carbons (Fsp3) is 1.00. The van der Waals surface area contributed by atoms with Gasteiger partial charge in [0.2, 0.25) is 0 Å². The molecule has 0 aromatic carbocycles. The first-order valence-electron chi connectivity index (χ1n) is 8.27. The summed E-state index contributed by atoms with van der Waals surface area (Å²) in [5, 5.41) is 0. The summed E-state index contributed by atoms with van der Waals surface area (Å²) in [6.07, 6.45) is 12.3. The van der Waals surface area contributed by atoms with Crippen LogP contribution >= 0.6 is 0 Å². The molecule has 2 N–H and O–H groups in total. The SMILES string of the molecule is CN(CC1CC(N)C1)CC1CCC2(CCCCC2)O1. The fourth-order valence-electron chi connectivity index (χ4n) is 4.39. The van der Waals surface area contributed by atoms with Gasteiger partial charge in [-0.15, -0.1) is 0 Å². The zero-order chi connectivity index (χ0) is 13.3. The minimum absolute atomic E-state index is 0.280. The van der Waals surface area contributed by atoms with E-state index in [0.717, 1.165) is 12.5 Å². The maximum Gasteiger partial charge on any atom is 0.0710 e. The van der Waals surface area contributed by atoms with E-state index in [-0.39, 0.29) is 5.60 Å². The number of ether oxygens (including phenoxy) is 1. The van der Waals surface area contributed by atoms with Crippen molar-refractivity contribution >= 4 is 0 Å². The van der Waals surface area contributed by atoms with Gasteiger partial charge in [-0.2, -0.15) is 0 Å². The van der Waals surface area contributed by atoms with E-state index in [2.05, 4.69) is 11.9 Å². The summed E-state index contributed by atoms with van der Waals surface area (Å²) in [6.45, 7) is 2.33. The van der Waals surface area contributed by atoms with E-state index in [0.29, 0.717) is 12.1 Å². The molecule has 0 bridgehead atoms. The predicted octanol–water partition coefficient (Wildman–Crippen LogP) is 2.54. The average molecular weight is 266 g/mol. The summed E-state index contributed by atoms with van der Waals surface area (Å²) in [5.74, 6) is 0.838. The Morgan fingerprint density at radius 2 is 1.84 bits per heavy atom. The van der Waals surface area contributed by atoms with Crippen LogP contribution in [-0.2, 0) is 4.74 Å². The van der Waals surface area contributed by atoms with Gasteiger partial charge in [0.1, 0.15) is 0 Å². The highest BCUT2D eigenvalue weighted by molar-refractivity contribution is 4.92. The largest absolute Gasteiger partial charge is 0.370 e. The lowest BCUT2D eigenvalue weighted by molar-refractivity contribution is -0.0714. The molecule has 1 spiro atoms. The Morgan fingerprint density at radius 3 is 2.53 bits per heavy atom. The molecule has 2 aliphatic carbocycles. The zero-order valence-corrected chi connectivity index (χ0v) is 12.4. The van der Waals surface area contributed by atoms with E-state index >= 15 is 0 Å². The molecule has 1 unspecified atom stereocenters. The summed E-state index contributed by atoms with van der Waals surface area (Å²) in [4.78, 5) is 2.48. The highest BCUT2D eigenvalue weighted by Crippen LogP contribution is 2.42. The number of nitrogens with zero attached hydrogens (tertiary/aromatic N) is 1. The van der Waals surface area contributed by atoms with Gasteiger partial charge in [0.15, 0.2) is 0 Å². The Bertz CT molecular complexity index is 295. The monoisotopic (exact) mass is 266 g/mol. The van der Waals surface area contributed by atoms with E-state index in [1.54, 1.807) is 0 Å². The van der Waals surface area contributed by atoms with E-state index in [9.17, 15) is 0 Å². The Morgan fingerprint density at radius 1 is 1.11 bits per heavy atom. The van der Waals surface area contributed by atoms with E-state index in [4.69, 9.17) is 10.5 Å². The van der Waals surface area contributed by atoms with Crippen molar-refractivity contribution < 1.29 is 4.74 Å². The van der Waals surface area contributed by atoms with Crippen molar-refractivity contribution in [1.82, 2.24) is 4.90 Å². The first-order valence-corrected chi connectivity index (χ1v) is 8.27. The van der Waals surface area contributed by atoms with Crippen molar-refractivity contribution in [1.29, 1.82) is 0 Å². The van der Waals surface area contributed by atoms with Gasteiger partial charge in [0.05, 0.1) is 11.7 Å². The minimum Gasteiger partial charge on any atom is -0.370 e. The lowest BCUT2D eigenvalue weighted by atomic mass is 9.80. The van der Waals surface area contributed by atoms with Gasteiger partial charge in [-0.1, -0.05) is 19.3 Å². The second kappa shape index (κ2) is 5.71. The van der Waals surface area contributed by atoms with Crippen LogP contribution < -0.4 is 5.73 Å². The molecule has 1 atom stereocenters. The van der Waals surface area contributed by atoms with Gasteiger partial charge in [-0.25, -0.2) is 0 Å². The molecule has 0 aromatic heterocycles. The fourth-order valence-corrected chi connectivity index (χ4v) is 4.39. The Kier molecular flexibility index (Phi) is 4.16. The van der Waals surface area contributed by atoms with Gasteiger partial charge >= 0.3 is 0 Å². The molecule has 110 valence electrons. The van der Waals surface area contributed by atoms with Gasteiger partial charge in [0.25, 0.3) is 0 Å². The van der Waals surface area contributed by atoms with Gasteiger partial charge < -0.3 is 15.4 Å². The summed E-state index contributed by atoms with van der Waals surface area (Å²) in [7, 11) is 2.25. The third-order valence-electron chi connectivity index (χ3n) is 5.46. The Hall–Kier alpha value is -0.120. The molecule has 3 aliphatic rings. The molecular formula is C16H30N2O. The second-order valence-electron chi connectivity index (χ2n) is 7.34. The second-order valence-corrected chi connectivity index (χ2v) is 7.34. The summed E-state index contributed by atoms with van der Waals surface area (Å²) in [6, 6.07) is 0.478. The van der Waals surface area contributed by atoms with Crippen LogP contribution in [0.3, 0.4) is 0 Å². The van der Waals surface area contributed by atoms with Crippen molar-refractivity contribution in [2.75, 3.05) is 20.1 Å². The van der Waals surface area contributed by atoms with Crippen LogP contribution in [0, 0.1) is 5.92 Å². The van der Waals surface area contributed by atoms with Crippen molar-refractivity contribution in [3.05, 3.63) is 0 Å². The number of hydrogen-bond acceptors (Lipinski definition) is 3. The summed E-state index contributed by atoms with van der Waals surface area (Å²) in [5.41, 5.74) is 6.14. The van der Waals surface area contributed by atoms with Gasteiger partial charge in [-0.05, 0) is 51.5 Å². The molecule has 0 amide bonds. The lowest BCUT2D eigenvalue weighted by Gasteiger charge is -2.37. The van der Waals surface area contributed by atoms with E-state index in [1.165, 1.54) is 64.3 Å². The van der Waals surface area contributed by atoms with Crippen molar-refractivity contribution in [2.45, 2.75) is 75.5 Å². The average Bonchev–Trinajstić information content (AvgIpc) is 2.71. The Balaban J connectivity index is 1.41. The first-order chi connectivity index (χ1) is 9.15. The standard InChI is InChI=1S/C16H30N2O/c1-18(11-13-9-14(17)10-13)12-15-5-8-16(19-15)6-3-2-4-7-16/h13-15H,2-12,17H2,1H3. The molecule has 1 heterocycles. The van der Waals surface area contributed by atoms with Crippen LogP contribution in [0.25, 0.3) is 0 Å². The summed E-state index contributed by atoms with van der Waals surface area (Å²) < 4.78 is 6.45. The molecule has 3 nitrogen and oxygen atoms in total. The van der Waals surface area contributed by atoms with E-state index < -0.39 is 0 Å². The quantitative estimate of drug-likeness (QED) is 0.850. The number of likely N-dealkylation sites (N-methyl/N-ethyl adjacent to an activating group) is 1. The minimum atomic E-state index is 0.280. The van der Waals surface area contributed by atoms with Crippen molar-refractivity contribution in [2.24, 2.45) is 11.7 Å². The maximum atomic E-state index is 6.45. The third-order valence-corrected chi connectivity index (χ3v) is 5.46. The van der Waals surface area contributed by atoms with Crippen LogP contribution in [0.1, 0.15) is 57.8 Å². The van der Waals surface area contributed by atoms with E-state index in [1.807, 2.05) is 0 Å². The molecule has 3 rings (SSSR count). The molecule has 3 heteroatoms. The molecular weight excluding hydrogens is 236 g/mol. The smallest absolute Gasteiger partial charge is 0.0710 e. The molecule has 3 fully saturated rings. The van der Waals surface area contributed by atoms with Crippen LogP contribution in [0.4, 0.5) is 0 Å². The molecule has 1 saturated heterocycles.